The Morgan fingerprint density at radius 3 is 1.67 bits per heavy atom. The molecular weight excluding hydrogens is 122 g/mol. The smallest absolute Gasteiger partial charge is 0.290 e. The van der Waals surface area contributed by atoms with Gasteiger partial charge in [0.2, 0.25) is 0 Å². The molecule has 4 heteroatoms. The normalized spacial score (nSPS) is 11.7. The molecule has 0 aliphatic rings. The van der Waals surface area contributed by atoms with Crippen LogP contribution in [0.4, 0.5) is 0 Å². The summed E-state index contributed by atoms with van der Waals surface area (Å²) in [4.78, 5) is 10.1. The molecule has 9 heavy (non-hydrogen) atoms. The van der Waals surface area contributed by atoms with Crippen LogP contribution in [0, 0.1) is 0 Å². The first-order chi connectivity index (χ1) is 4.06. The zero-order valence-corrected chi connectivity index (χ0v) is 5.90. The van der Waals surface area contributed by atoms with Crippen molar-refractivity contribution < 1.29 is 15.0 Å². The lowest BCUT2D eigenvalue weighted by Crippen LogP contribution is -2.23. The predicted octanol–water partition coefficient (Wildman–Crippen LogP) is -0.413. The van der Waals surface area contributed by atoms with Gasteiger partial charge in [0.1, 0.15) is 6.23 Å². The predicted molar refractivity (Wildman–Crippen MR) is 34.1 cm³/mol. The number of aliphatic hydroxyl groups excluding tert-OH is 1. The summed E-state index contributed by atoms with van der Waals surface area (Å²) < 4.78 is 0. The van der Waals surface area contributed by atoms with Crippen LogP contribution in [0.25, 0.3) is 0 Å². The Morgan fingerprint density at radius 2 is 1.67 bits per heavy atom. The maximum atomic E-state index is 8.56. The lowest BCUT2D eigenvalue weighted by molar-refractivity contribution is -0.122. The fourth-order valence-corrected chi connectivity index (χ4v) is 0. The standard InChI is InChI=1S/C4H11NO.CH2O2/c1-4(6)5(2)3;2-1-3/h4,6H,1-3H3;1H,(H,2,3). The van der Waals surface area contributed by atoms with Gasteiger partial charge in [-0.1, -0.05) is 0 Å². The molecule has 1 atom stereocenters. The minimum atomic E-state index is -0.315. The molecule has 0 fully saturated rings. The number of aliphatic hydroxyl groups is 1. The van der Waals surface area contributed by atoms with Crippen molar-refractivity contribution >= 4 is 6.47 Å². The second kappa shape index (κ2) is 7.39. The maximum Gasteiger partial charge on any atom is 0.290 e. The lowest BCUT2D eigenvalue weighted by Gasteiger charge is -2.11. The molecule has 0 aromatic heterocycles. The van der Waals surface area contributed by atoms with Crippen molar-refractivity contribution in [2.75, 3.05) is 14.1 Å². The lowest BCUT2D eigenvalue weighted by atomic mass is 10.6. The van der Waals surface area contributed by atoms with Crippen LogP contribution in [0.5, 0.6) is 0 Å². The summed E-state index contributed by atoms with van der Waals surface area (Å²) in [5.74, 6) is 0. The van der Waals surface area contributed by atoms with Crippen LogP contribution < -0.4 is 0 Å². The summed E-state index contributed by atoms with van der Waals surface area (Å²) in [5, 5.41) is 15.4. The van der Waals surface area contributed by atoms with Crippen molar-refractivity contribution in [1.82, 2.24) is 4.90 Å². The van der Waals surface area contributed by atoms with Gasteiger partial charge in [0.15, 0.2) is 0 Å². The van der Waals surface area contributed by atoms with Crippen LogP contribution in [-0.2, 0) is 4.79 Å². The van der Waals surface area contributed by atoms with Crippen LogP contribution in [0.3, 0.4) is 0 Å². The molecule has 0 aromatic carbocycles. The van der Waals surface area contributed by atoms with Gasteiger partial charge in [-0.3, -0.25) is 9.69 Å². The monoisotopic (exact) mass is 135 g/mol. The molecule has 2 N–H and O–H groups in total. The molecule has 0 amide bonds. The highest BCUT2D eigenvalue weighted by Crippen LogP contribution is 1.79. The molecule has 0 spiro atoms. The largest absolute Gasteiger partial charge is 0.483 e. The molecule has 0 aromatic rings. The third kappa shape index (κ3) is 18.7. The van der Waals surface area contributed by atoms with Gasteiger partial charge < -0.3 is 10.2 Å². The van der Waals surface area contributed by atoms with E-state index in [2.05, 4.69) is 0 Å². The van der Waals surface area contributed by atoms with Crippen molar-refractivity contribution in [3.8, 4) is 0 Å². The quantitative estimate of drug-likeness (QED) is 0.379. The topological polar surface area (TPSA) is 60.8 Å². The Kier molecular flexibility index (Phi) is 9.21. The summed E-state index contributed by atoms with van der Waals surface area (Å²) >= 11 is 0. The van der Waals surface area contributed by atoms with Crippen molar-refractivity contribution in [3.05, 3.63) is 0 Å². The van der Waals surface area contributed by atoms with E-state index >= 15 is 0 Å². The van der Waals surface area contributed by atoms with Crippen molar-refractivity contribution in [1.29, 1.82) is 0 Å². The van der Waals surface area contributed by atoms with E-state index < -0.39 is 0 Å². The molecule has 0 radical (unpaired) electrons. The van der Waals surface area contributed by atoms with Crippen molar-refractivity contribution in [2.24, 2.45) is 0 Å². The molecule has 0 rings (SSSR count). The van der Waals surface area contributed by atoms with Crippen LogP contribution in [0.15, 0.2) is 0 Å². The number of hydrogen-bond acceptors (Lipinski definition) is 3. The fraction of sp³-hybridized carbons (Fsp3) is 0.800. The molecule has 0 aliphatic heterocycles. The minimum absolute atomic E-state index is 0.250. The highest BCUT2D eigenvalue weighted by atomic mass is 16.3. The second-order valence-electron chi connectivity index (χ2n) is 1.70. The van der Waals surface area contributed by atoms with Crippen molar-refractivity contribution in [2.45, 2.75) is 13.2 Å². The van der Waals surface area contributed by atoms with E-state index in [1.54, 1.807) is 11.8 Å². The van der Waals surface area contributed by atoms with Gasteiger partial charge in [0, 0.05) is 0 Å². The number of nitrogens with zero attached hydrogens (tertiary/aromatic N) is 1. The van der Waals surface area contributed by atoms with Crippen LogP contribution in [-0.4, -0.2) is 41.9 Å². The first-order valence-corrected chi connectivity index (χ1v) is 2.48. The van der Waals surface area contributed by atoms with Gasteiger partial charge in [0.05, 0.1) is 0 Å². The summed E-state index contributed by atoms with van der Waals surface area (Å²) in [7, 11) is 3.65. The Bertz CT molecular complexity index is 57.2. The average Bonchev–Trinajstić information content (AvgIpc) is 1.68. The molecule has 0 bridgehead atoms. The van der Waals surface area contributed by atoms with E-state index in [9.17, 15) is 0 Å². The summed E-state index contributed by atoms with van der Waals surface area (Å²) in [5.41, 5.74) is 0. The Morgan fingerprint density at radius 1 is 1.56 bits per heavy atom. The molecule has 0 heterocycles. The third-order valence-electron chi connectivity index (χ3n) is 0.747. The summed E-state index contributed by atoms with van der Waals surface area (Å²) in [6, 6.07) is 0. The fourth-order valence-electron chi connectivity index (χ4n) is 0. The van der Waals surface area contributed by atoms with Crippen molar-refractivity contribution in [3.63, 3.8) is 0 Å². The molecule has 0 aliphatic carbocycles. The number of carboxylic acid groups (broad SMARTS) is 1. The first kappa shape index (κ1) is 11.2. The Balaban J connectivity index is 0. The summed E-state index contributed by atoms with van der Waals surface area (Å²) in [6.45, 7) is 1.47. The van der Waals surface area contributed by atoms with Gasteiger partial charge in [0.25, 0.3) is 6.47 Å². The van der Waals surface area contributed by atoms with E-state index in [-0.39, 0.29) is 12.7 Å². The van der Waals surface area contributed by atoms with Crippen LogP contribution >= 0.6 is 0 Å². The zero-order valence-electron chi connectivity index (χ0n) is 5.90. The van der Waals surface area contributed by atoms with E-state index in [1.807, 2.05) is 14.1 Å². The number of hydrogen-bond donors (Lipinski definition) is 2. The molecular formula is C5H13NO3. The molecule has 56 valence electrons. The third-order valence-corrected chi connectivity index (χ3v) is 0.747. The second-order valence-corrected chi connectivity index (χ2v) is 1.70. The zero-order chi connectivity index (χ0) is 7.86. The molecule has 1 unspecified atom stereocenters. The Hall–Kier alpha value is -0.610. The molecule has 0 saturated heterocycles. The SMILES string of the molecule is CC(O)N(C)C.O=CO. The highest BCUT2D eigenvalue weighted by molar-refractivity contribution is 5.32. The minimum Gasteiger partial charge on any atom is -0.483 e. The van der Waals surface area contributed by atoms with Gasteiger partial charge in [-0.2, -0.15) is 0 Å². The van der Waals surface area contributed by atoms with Crippen LogP contribution in [0.2, 0.25) is 0 Å². The Labute approximate surface area is 54.7 Å². The maximum absolute atomic E-state index is 8.56. The van der Waals surface area contributed by atoms with E-state index in [4.69, 9.17) is 15.0 Å². The first-order valence-electron chi connectivity index (χ1n) is 2.48. The van der Waals surface area contributed by atoms with Crippen LogP contribution in [0.1, 0.15) is 6.92 Å². The average molecular weight is 135 g/mol. The number of rotatable bonds is 1. The molecule has 0 saturated carbocycles. The van der Waals surface area contributed by atoms with Gasteiger partial charge in [-0.15, -0.1) is 0 Å². The number of carbonyl (C=O) groups is 1. The highest BCUT2D eigenvalue weighted by Gasteiger charge is 1.92. The van der Waals surface area contributed by atoms with E-state index in [0.29, 0.717) is 0 Å². The van der Waals surface area contributed by atoms with Gasteiger partial charge in [-0.05, 0) is 21.0 Å². The van der Waals surface area contributed by atoms with E-state index in [1.165, 1.54) is 0 Å². The van der Waals surface area contributed by atoms with Gasteiger partial charge >= 0.3 is 0 Å². The molecule has 4 nitrogen and oxygen atoms in total. The van der Waals surface area contributed by atoms with E-state index in [0.717, 1.165) is 0 Å². The van der Waals surface area contributed by atoms with Gasteiger partial charge in [-0.25, -0.2) is 0 Å². The summed E-state index contributed by atoms with van der Waals surface area (Å²) in [6.07, 6.45) is -0.315.